The van der Waals surface area contributed by atoms with Gasteiger partial charge in [-0.1, -0.05) is 30.3 Å². The summed E-state index contributed by atoms with van der Waals surface area (Å²) in [7, 11) is 0. The molecule has 0 unspecified atom stereocenters. The number of hydrogen-bond acceptors (Lipinski definition) is 6. The monoisotopic (exact) mass is 554 g/mol. The van der Waals surface area contributed by atoms with Crippen molar-refractivity contribution >= 4 is 29.5 Å². The second-order valence-electron chi connectivity index (χ2n) is 10.1. The zero-order chi connectivity index (χ0) is 28.6. The summed E-state index contributed by atoms with van der Waals surface area (Å²) in [6.45, 7) is 0.0650. The molecule has 2 atom stereocenters. The van der Waals surface area contributed by atoms with E-state index in [9.17, 15) is 19.2 Å². The number of amides is 4. The predicted octanol–water partition coefficient (Wildman–Crippen LogP) is 2.67. The Balaban J connectivity index is 1.41. The molecule has 40 heavy (non-hydrogen) atoms. The Labute approximate surface area is 232 Å². The molecule has 4 rings (SSSR count). The lowest BCUT2D eigenvalue weighted by Crippen LogP contribution is -2.51. The number of nitrogens with two attached hydrogens (primary N) is 2. The lowest BCUT2D eigenvalue weighted by molar-refractivity contribution is -0.127. The number of hydrogen-bond donors (Lipinski definition) is 3. The molecule has 2 aromatic rings. The SMILES string of the molecule is NC(=O)CC[C@@H](COc1cccc(CCCCOC(N)=O)c1F)NC(=O)[C@@H]1Cc2cccc3c2N1C(=O)CCC3. The van der Waals surface area contributed by atoms with E-state index < -0.39 is 29.9 Å². The van der Waals surface area contributed by atoms with Crippen molar-refractivity contribution in [3.63, 3.8) is 0 Å². The van der Waals surface area contributed by atoms with Crippen LogP contribution in [0.2, 0.25) is 0 Å². The molecule has 0 radical (unpaired) electrons. The topological polar surface area (TPSA) is 154 Å². The first-order valence-corrected chi connectivity index (χ1v) is 13.6. The number of halogens is 1. The van der Waals surface area contributed by atoms with Gasteiger partial charge in [-0.3, -0.25) is 19.3 Å². The summed E-state index contributed by atoms with van der Waals surface area (Å²) in [6, 6.07) is 9.33. The summed E-state index contributed by atoms with van der Waals surface area (Å²) in [6.07, 6.45) is 3.11. The van der Waals surface area contributed by atoms with E-state index in [1.807, 2.05) is 18.2 Å². The first-order chi connectivity index (χ1) is 19.2. The summed E-state index contributed by atoms with van der Waals surface area (Å²) in [4.78, 5) is 50.2. The van der Waals surface area contributed by atoms with E-state index in [0.717, 1.165) is 29.7 Å². The standard InChI is InChI=1S/C29H35FN4O6/c30-26-18(6-1-2-15-39-29(32)38)7-4-11-23(26)40-17-21(13-14-24(31)35)33-28(37)22-16-20-10-3-8-19-9-5-12-25(36)34(22)27(19)20/h3-4,7-8,10-11,21-22H,1-2,5-6,9,12-17H2,(H2,31,35)(H2,32,38)(H,33,37)/t21-,22-/m0/s1. The fraction of sp³-hybridized carbons (Fsp3) is 0.448. The number of nitrogens with one attached hydrogen (secondary N) is 1. The molecule has 4 amide bonds. The summed E-state index contributed by atoms with van der Waals surface area (Å²) in [5, 5.41) is 2.92. The molecule has 2 aromatic carbocycles. The number of carbonyl (C=O) groups excluding carboxylic acids is 4. The third-order valence-corrected chi connectivity index (χ3v) is 7.23. The van der Waals surface area contributed by atoms with Crippen LogP contribution in [-0.4, -0.2) is 49.1 Å². The number of ether oxygens (including phenoxy) is 2. The highest BCUT2D eigenvalue weighted by molar-refractivity contribution is 6.04. The summed E-state index contributed by atoms with van der Waals surface area (Å²) in [5.74, 6) is -1.48. The van der Waals surface area contributed by atoms with Crippen molar-refractivity contribution in [3.8, 4) is 5.75 Å². The molecule has 0 saturated heterocycles. The van der Waals surface area contributed by atoms with Crippen LogP contribution in [0.1, 0.15) is 55.2 Å². The van der Waals surface area contributed by atoms with Gasteiger partial charge in [0.1, 0.15) is 12.6 Å². The van der Waals surface area contributed by atoms with E-state index in [4.69, 9.17) is 20.9 Å². The van der Waals surface area contributed by atoms with Gasteiger partial charge in [0, 0.05) is 19.3 Å². The Hall–Kier alpha value is -4.15. The van der Waals surface area contributed by atoms with Crippen LogP contribution in [0.4, 0.5) is 14.9 Å². The van der Waals surface area contributed by atoms with Crippen LogP contribution < -0.4 is 26.4 Å². The van der Waals surface area contributed by atoms with Crippen LogP contribution >= 0.6 is 0 Å². The molecule has 2 aliphatic rings. The number of para-hydroxylation sites is 1. The summed E-state index contributed by atoms with van der Waals surface area (Å²) in [5.41, 5.74) is 13.6. The average molecular weight is 555 g/mol. The lowest BCUT2D eigenvalue weighted by atomic mass is 10.0. The van der Waals surface area contributed by atoms with Gasteiger partial charge in [-0.2, -0.15) is 0 Å². The molecule has 10 nitrogen and oxygen atoms in total. The minimum Gasteiger partial charge on any atom is -0.488 e. The van der Waals surface area contributed by atoms with Gasteiger partial charge in [-0.15, -0.1) is 0 Å². The van der Waals surface area contributed by atoms with Gasteiger partial charge in [0.15, 0.2) is 11.6 Å². The van der Waals surface area contributed by atoms with Crippen molar-refractivity contribution in [1.29, 1.82) is 0 Å². The van der Waals surface area contributed by atoms with Gasteiger partial charge in [0.2, 0.25) is 17.7 Å². The van der Waals surface area contributed by atoms with Gasteiger partial charge in [-0.25, -0.2) is 9.18 Å². The maximum absolute atomic E-state index is 15.1. The highest BCUT2D eigenvalue weighted by Gasteiger charge is 2.41. The van der Waals surface area contributed by atoms with Gasteiger partial charge >= 0.3 is 6.09 Å². The molecule has 2 aliphatic heterocycles. The number of unbranched alkanes of at least 4 members (excludes halogenated alkanes) is 1. The Morgan fingerprint density at radius 3 is 2.62 bits per heavy atom. The molecular formula is C29H35FN4O6. The third-order valence-electron chi connectivity index (χ3n) is 7.23. The number of anilines is 1. The van der Waals surface area contributed by atoms with Crippen molar-refractivity contribution in [1.82, 2.24) is 5.32 Å². The number of nitrogens with zero attached hydrogens (tertiary/aromatic N) is 1. The molecule has 5 N–H and O–H groups in total. The van der Waals surface area contributed by atoms with Crippen LogP contribution in [0.25, 0.3) is 0 Å². The van der Waals surface area contributed by atoms with Gasteiger partial charge in [0.05, 0.1) is 18.3 Å². The van der Waals surface area contributed by atoms with E-state index >= 15 is 4.39 Å². The van der Waals surface area contributed by atoms with Crippen molar-refractivity contribution in [3.05, 3.63) is 58.9 Å². The first kappa shape index (κ1) is 28.8. The molecule has 2 heterocycles. The number of rotatable bonds is 13. The third kappa shape index (κ3) is 7.08. The van der Waals surface area contributed by atoms with E-state index in [0.29, 0.717) is 37.7 Å². The minimum absolute atomic E-state index is 0.00187. The quantitative estimate of drug-likeness (QED) is 0.324. The van der Waals surface area contributed by atoms with E-state index in [1.54, 1.807) is 17.0 Å². The van der Waals surface area contributed by atoms with Crippen molar-refractivity contribution < 1.29 is 33.0 Å². The van der Waals surface area contributed by atoms with Crippen molar-refractivity contribution in [2.24, 2.45) is 11.5 Å². The number of primary amides is 2. The molecule has 11 heteroatoms. The molecule has 0 fully saturated rings. The molecule has 0 saturated carbocycles. The smallest absolute Gasteiger partial charge is 0.404 e. The maximum atomic E-state index is 15.1. The molecular weight excluding hydrogens is 519 g/mol. The molecule has 0 aromatic heterocycles. The normalized spacial score (nSPS) is 16.6. The van der Waals surface area contributed by atoms with E-state index in [2.05, 4.69) is 5.32 Å². The second-order valence-corrected chi connectivity index (χ2v) is 10.1. The Morgan fingerprint density at radius 2 is 1.85 bits per heavy atom. The van der Waals surface area contributed by atoms with Gasteiger partial charge < -0.3 is 26.3 Å². The number of carbonyl (C=O) groups is 4. The number of aryl methyl sites for hydroxylation is 2. The minimum atomic E-state index is -0.847. The maximum Gasteiger partial charge on any atom is 0.404 e. The Bertz CT molecular complexity index is 1270. The van der Waals surface area contributed by atoms with Crippen LogP contribution in [-0.2, 0) is 38.4 Å². The molecule has 0 aliphatic carbocycles. The number of benzene rings is 2. The van der Waals surface area contributed by atoms with E-state index in [-0.39, 0.29) is 43.6 Å². The van der Waals surface area contributed by atoms with Crippen molar-refractivity contribution in [2.45, 2.75) is 69.9 Å². The lowest BCUT2D eigenvalue weighted by Gasteiger charge is -2.27. The Morgan fingerprint density at radius 1 is 1.07 bits per heavy atom. The fourth-order valence-corrected chi connectivity index (χ4v) is 5.29. The average Bonchev–Trinajstić information content (AvgIpc) is 3.23. The fourth-order valence-electron chi connectivity index (χ4n) is 5.29. The van der Waals surface area contributed by atoms with Gasteiger partial charge in [-0.05, 0) is 61.3 Å². The van der Waals surface area contributed by atoms with Crippen LogP contribution in [0.3, 0.4) is 0 Å². The molecule has 0 bridgehead atoms. The van der Waals surface area contributed by atoms with E-state index in [1.165, 1.54) is 6.07 Å². The Kier molecular flexibility index (Phi) is 9.57. The molecule has 214 valence electrons. The highest BCUT2D eigenvalue weighted by Crippen LogP contribution is 2.39. The predicted molar refractivity (Wildman–Crippen MR) is 145 cm³/mol. The van der Waals surface area contributed by atoms with Crippen LogP contribution in [0.5, 0.6) is 5.75 Å². The summed E-state index contributed by atoms with van der Waals surface area (Å²) < 4.78 is 25.6. The van der Waals surface area contributed by atoms with Gasteiger partial charge in [0.25, 0.3) is 0 Å². The zero-order valence-corrected chi connectivity index (χ0v) is 22.3. The largest absolute Gasteiger partial charge is 0.488 e. The first-order valence-electron chi connectivity index (χ1n) is 13.6. The highest BCUT2D eigenvalue weighted by atomic mass is 19.1. The van der Waals surface area contributed by atoms with Crippen LogP contribution in [0.15, 0.2) is 36.4 Å². The van der Waals surface area contributed by atoms with Crippen LogP contribution in [0, 0.1) is 5.82 Å². The summed E-state index contributed by atoms with van der Waals surface area (Å²) >= 11 is 0. The second kappa shape index (κ2) is 13.3. The zero-order valence-electron chi connectivity index (χ0n) is 22.3. The van der Waals surface area contributed by atoms with Crippen molar-refractivity contribution in [2.75, 3.05) is 18.1 Å². The molecule has 0 spiro atoms.